The minimum atomic E-state index is -0.202. The molecule has 1 atom stereocenters. The molecule has 2 aromatic rings. The van der Waals surface area contributed by atoms with E-state index in [0.717, 1.165) is 44.6 Å². The van der Waals surface area contributed by atoms with Gasteiger partial charge >= 0.3 is 6.09 Å². The summed E-state index contributed by atoms with van der Waals surface area (Å²) >= 11 is 0. The Labute approximate surface area is 166 Å². The number of likely N-dealkylation sites (tertiary alicyclic amines) is 1. The van der Waals surface area contributed by atoms with E-state index in [0.29, 0.717) is 18.6 Å². The van der Waals surface area contributed by atoms with Crippen LogP contribution < -0.4 is 5.32 Å². The van der Waals surface area contributed by atoms with Crippen LogP contribution in [0.3, 0.4) is 0 Å². The van der Waals surface area contributed by atoms with Crippen LogP contribution in [-0.4, -0.2) is 40.4 Å². The number of ether oxygens (including phenoxy) is 1. The molecule has 0 aliphatic carbocycles. The largest absolute Gasteiger partial charge is 0.445 e. The second kappa shape index (κ2) is 7.95. The van der Waals surface area contributed by atoms with Crippen molar-refractivity contribution in [1.29, 1.82) is 0 Å². The quantitative estimate of drug-likeness (QED) is 0.858. The van der Waals surface area contributed by atoms with Gasteiger partial charge in [-0.2, -0.15) is 5.10 Å². The summed E-state index contributed by atoms with van der Waals surface area (Å²) < 4.78 is 7.54. The fraction of sp³-hybridized carbons (Fsp3) is 0.545. The summed E-state index contributed by atoms with van der Waals surface area (Å²) in [6, 6.07) is 10.2. The highest BCUT2D eigenvalue weighted by Crippen LogP contribution is 2.48. The lowest BCUT2D eigenvalue weighted by Crippen LogP contribution is -2.60. The van der Waals surface area contributed by atoms with E-state index in [2.05, 4.69) is 30.5 Å². The number of benzene rings is 1. The summed E-state index contributed by atoms with van der Waals surface area (Å²) in [5.41, 5.74) is 2.53. The fourth-order valence-corrected chi connectivity index (χ4v) is 4.38. The summed E-state index contributed by atoms with van der Waals surface area (Å²) in [4.78, 5) is 14.3. The highest BCUT2D eigenvalue weighted by molar-refractivity contribution is 5.67. The van der Waals surface area contributed by atoms with Crippen molar-refractivity contribution in [2.45, 2.75) is 45.9 Å². The van der Waals surface area contributed by atoms with Gasteiger partial charge < -0.3 is 15.0 Å². The third-order valence-electron chi connectivity index (χ3n) is 6.03. The molecule has 28 heavy (non-hydrogen) atoms. The molecule has 3 heterocycles. The average molecular weight is 383 g/mol. The van der Waals surface area contributed by atoms with Gasteiger partial charge in [0, 0.05) is 49.4 Å². The summed E-state index contributed by atoms with van der Waals surface area (Å²) in [6.45, 7) is 8.22. The van der Waals surface area contributed by atoms with Gasteiger partial charge in [-0.15, -0.1) is 0 Å². The van der Waals surface area contributed by atoms with Crippen molar-refractivity contribution in [3.05, 3.63) is 53.9 Å². The van der Waals surface area contributed by atoms with Crippen molar-refractivity contribution in [3.63, 3.8) is 0 Å². The lowest BCUT2D eigenvalue weighted by Gasteiger charge is -2.54. The van der Waals surface area contributed by atoms with Crippen LogP contribution in [-0.2, 0) is 17.9 Å². The minimum Gasteiger partial charge on any atom is -0.445 e. The molecular formula is C22H30N4O2. The van der Waals surface area contributed by atoms with Crippen molar-refractivity contribution < 1.29 is 9.53 Å². The molecule has 4 rings (SSSR count). The van der Waals surface area contributed by atoms with Crippen molar-refractivity contribution in [1.82, 2.24) is 20.0 Å². The Morgan fingerprint density at radius 3 is 2.68 bits per heavy atom. The zero-order chi connectivity index (χ0) is 19.6. The van der Waals surface area contributed by atoms with Gasteiger partial charge in [0.05, 0.1) is 6.20 Å². The third-order valence-corrected chi connectivity index (χ3v) is 6.03. The van der Waals surface area contributed by atoms with Crippen LogP contribution in [0.1, 0.15) is 43.9 Å². The van der Waals surface area contributed by atoms with Crippen LogP contribution in [0, 0.1) is 11.3 Å². The number of hydrogen-bond acceptors (Lipinski definition) is 4. The van der Waals surface area contributed by atoms with Gasteiger partial charge in [-0.3, -0.25) is 4.68 Å². The van der Waals surface area contributed by atoms with Gasteiger partial charge in [0.1, 0.15) is 6.61 Å². The van der Waals surface area contributed by atoms with E-state index in [4.69, 9.17) is 4.74 Å². The van der Waals surface area contributed by atoms with Crippen molar-refractivity contribution in [2.75, 3.05) is 19.6 Å². The first kappa shape index (κ1) is 19.0. The van der Waals surface area contributed by atoms with Gasteiger partial charge in [0.2, 0.25) is 0 Å². The summed E-state index contributed by atoms with van der Waals surface area (Å²) in [5, 5.41) is 8.12. The number of aromatic nitrogens is 2. The van der Waals surface area contributed by atoms with E-state index < -0.39 is 0 Å². The van der Waals surface area contributed by atoms with Crippen LogP contribution in [0.25, 0.3) is 0 Å². The maximum absolute atomic E-state index is 12.4. The predicted octanol–water partition coefficient (Wildman–Crippen LogP) is 3.60. The molecule has 2 saturated heterocycles. The fourth-order valence-electron chi connectivity index (χ4n) is 4.38. The summed E-state index contributed by atoms with van der Waals surface area (Å²) in [5.74, 6) is 0.584. The molecule has 0 radical (unpaired) electrons. The molecule has 1 amide bonds. The van der Waals surface area contributed by atoms with E-state index in [1.165, 1.54) is 5.56 Å². The van der Waals surface area contributed by atoms with E-state index in [-0.39, 0.29) is 11.5 Å². The van der Waals surface area contributed by atoms with Gasteiger partial charge in [-0.1, -0.05) is 44.2 Å². The lowest BCUT2D eigenvalue weighted by molar-refractivity contribution is 0.0000450. The first-order chi connectivity index (χ1) is 13.6. The molecule has 1 spiro atoms. The Bertz CT molecular complexity index is 794. The number of nitrogens with zero attached hydrogens (tertiary/aromatic N) is 3. The maximum atomic E-state index is 12.4. The third kappa shape index (κ3) is 3.92. The van der Waals surface area contributed by atoms with Crippen LogP contribution in [0.4, 0.5) is 4.79 Å². The van der Waals surface area contributed by atoms with Crippen molar-refractivity contribution in [3.8, 4) is 0 Å². The van der Waals surface area contributed by atoms with Gasteiger partial charge in [-0.05, 0) is 24.3 Å². The number of nitrogens with one attached hydrogen (secondary N) is 1. The molecular weight excluding hydrogens is 352 g/mol. The molecule has 0 bridgehead atoms. The van der Waals surface area contributed by atoms with Gasteiger partial charge in [-0.25, -0.2) is 4.79 Å². The smallest absolute Gasteiger partial charge is 0.410 e. The average Bonchev–Trinajstić information content (AvgIpc) is 3.12. The SMILES string of the molecule is CC(C)Cn1cc([C@H]2NCC23CCN(C(=O)OCc2ccccc2)CC3)cn1. The van der Waals surface area contributed by atoms with Crippen LogP contribution in [0.2, 0.25) is 0 Å². The molecule has 150 valence electrons. The number of carbonyl (C=O) groups is 1. The van der Waals surface area contributed by atoms with E-state index >= 15 is 0 Å². The standard InChI is InChI=1S/C22H30N4O2/c1-17(2)13-26-14-19(12-24-26)20-22(16-23-20)8-10-25(11-9-22)21(27)28-15-18-6-4-3-5-7-18/h3-7,12,14,17,20,23H,8-11,13,15-16H2,1-2H3/t20-/m1/s1. The number of piperidine rings is 1. The number of amides is 1. The van der Waals surface area contributed by atoms with E-state index in [9.17, 15) is 4.79 Å². The molecule has 1 aromatic carbocycles. The Morgan fingerprint density at radius 2 is 2.04 bits per heavy atom. The monoisotopic (exact) mass is 382 g/mol. The highest BCUT2D eigenvalue weighted by atomic mass is 16.6. The lowest BCUT2D eigenvalue weighted by atomic mass is 9.65. The molecule has 2 aliphatic rings. The predicted molar refractivity (Wildman–Crippen MR) is 108 cm³/mol. The molecule has 1 N–H and O–H groups in total. The maximum Gasteiger partial charge on any atom is 0.410 e. The molecule has 2 fully saturated rings. The van der Waals surface area contributed by atoms with Gasteiger partial charge in [0.15, 0.2) is 0 Å². The number of carbonyl (C=O) groups excluding carboxylic acids is 1. The molecule has 2 aliphatic heterocycles. The van der Waals surface area contributed by atoms with Crippen molar-refractivity contribution in [2.24, 2.45) is 11.3 Å². The Morgan fingerprint density at radius 1 is 1.29 bits per heavy atom. The zero-order valence-electron chi connectivity index (χ0n) is 16.8. The van der Waals surface area contributed by atoms with Crippen molar-refractivity contribution >= 4 is 6.09 Å². The van der Waals surface area contributed by atoms with Crippen LogP contribution in [0.15, 0.2) is 42.7 Å². The summed E-state index contributed by atoms with van der Waals surface area (Å²) in [7, 11) is 0. The topological polar surface area (TPSA) is 59.4 Å². The molecule has 6 nitrogen and oxygen atoms in total. The van der Waals surface area contributed by atoms with Crippen LogP contribution in [0.5, 0.6) is 0 Å². The first-order valence-electron chi connectivity index (χ1n) is 10.3. The number of hydrogen-bond donors (Lipinski definition) is 1. The zero-order valence-corrected chi connectivity index (χ0v) is 16.8. The molecule has 1 aromatic heterocycles. The summed E-state index contributed by atoms with van der Waals surface area (Å²) in [6.07, 6.45) is 5.98. The normalized spacial score (nSPS) is 21.0. The Hall–Kier alpha value is -2.34. The minimum absolute atomic E-state index is 0.202. The van der Waals surface area contributed by atoms with Gasteiger partial charge in [0.25, 0.3) is 0 Å². The Kier molecular flexibility index (Phi) is 5.40. The molecule has 6 heteroatoms. The van der Waals surface area contributed by atoms with E-state index in [1.807, 2.05) is 46.1 Å². The second-order valence-electron chi connectivity index (χ2n) is 8.59. The second-order valence-corrected chi connectivity index (χ2v) is 8.59. The highest BCUT2D eigenvalue weighted by Gasteiger charge is 2.49. The number of rotatable bonds is 5. The molecule has 0 saturated carbocycles. The first-order valence-corrected chi connectivity index (χ1v) is 10.3. The van der Waals surface area contributed by atoms with Crippen LogP contribution >= 0.6 is 0 Å². The Balaban J connectivity index is 1.30. The molecule has 0 unspecified atom stereocenters. The van der Waals surface area contributed by atoms with E-state index in [1.54, 1.807) is 0 Å².